The molecule has 0 aromatic heterocycles. The number of rotatable bonds is 9. The molecule has 2 amide bonds. The quantitative estimate of drug-likeness (QED) is 0.565. The summed E-state index contributed by atoms with van der Waals surface area (Å²) < 4.78 is 16.7. The summed E-state index contributed by atoms with van der Waals surface area (Å²) in [5.74, 6) is 0.226. The van der Waals surface area contributed by atoms with Crippen LogP contribution in [-0.2, 0) is 25.6 Å². The van der Waals surface area contributed by atoms with Crippen molar-refractivity contribution in [2.24, 2.45) is 5.73 Å². The van der Waals surface area contributed by atoms with Crippen LogP contribution in [0.2, 0.25) is 0 Å². The molecule has 2 aliphatic heterocycles. The van der Waals surface area contributed by atoms with Gasteiger partial charge in [0.25, 0.3) is 5.91 Å². The third-order valence-electron chi connectivity index (χ3n) is 5.00. The molecule has 2 saturated heterocycles. The fraction of sp³-hybridized carbons (Fsp3) is 0.600. The van der Waals surface area contributed by atoms with Gasteiger partial charge in [0.1, 0.15) is 11.9 Å². The molecule has 28 heavy (non-hydrogen) atoms. The summed E-state index contributed by atoms with van der Waals surface area (Å²) in [4.78, 5) is 24.3. The standard InChI is InChI=1S/C20H29N3O5/c21-10-15-7-8-18(28-15)20(25)23-11-14-4-1-2-6-17(14)27-13-19(24)22-12-16-5-3-9-26-16/h1-2,4,6,15-16,18H,3,5,7-13,21H2,(H,22,24)(H,23,25)/t15-,16?,18+/m1/s1. The maximum absolute atomic E-state index is 12.3. The molecule has 8 nitrogen and oxygen atoms in total. The highest BCUT2D eigenvalue weighted by atomic mass is 16.5. The number of hydrogen-bond donors (Lipinski definition) is 3. The van der Waals surface area contributed by atoms with E-state index in [0.717, 1.165) is 31.4 Å². The molecule has 0 saturated carbocycles. The van der Waals surface area contributed by atoms with Crippen LogP contribution in [0.15, 0.2) is 24.3 Å². The third kappa shape index (κ3) is 5.92. The van der Waals surface area contributed by atoms with Gasteiger partial charge in [0.2, 0.25) is 5.91 Å². The number of carbonyl (C=O) groups excluding carboxylic acids is 2. The Morgan fingerprint density at radius 3 is 2.75 bits per heavy atom. The second kappa shape index (κ2) is 10.4. The maximum Gasteiger partial charge on any atom is 0.258 e. The van der Waals surface area contributed by atoms with E-state index in [1.807, 2.05) is 18.2 Å². The van der Waals surface area contributed by atoms with Crippen molar-refractivity contribution in [1.82, 2.24) is 10.6 Å². The molecule has 4 N–H and O–H groups in total. The van der Waals surface area contributed by atoms with Gasteiger partial charge in [-0.05, 0) is 31.7 Å². The highest BCUT2D eigenvalue weighted by Gasteiger charge is 2.29. The summed E-state index contributed by atoms with van der Waals surface area (Å²) in [5, 5.41) is 5.70. The SMILES string of the molecule is NC[C@H]1CC[C@@H](C(=O)NCc2ccccc2OCC(=O)NCC2CCCO2)O1. The summed E-state index contributed by atoms with van der Waals surface area (Å²) >= 11 is 0. The first-order valence-electron chi connectivity index (χ1n) is 9.88. The van der Waals surface area contributed by atoms with E-state index in [9.17, 15) is 9.59 Å². The van der Waals surface area contributed by atoms with Crippen LogP contribution in [0.25, 0.3) is 0 Å². The minimum absolute atomic E-state index is 0.0421. The van der Waals surface area contributed by atoms with E-state index in [1.165, 1.54) is 0 Å². The molecular weight excluding hydrogens is 362 g/mol. The Hall–Kier alpha value is -2.16. The minimum atomic E-state index is -0.454. The van der Waals surface area contributed by atoms with Crippen LogP contribution in [0.4, 0.5) is 0 Å². The van der Waals surface area contributed by atoms with Gasteiger partial charge in [-0.1, -0.05) is 18.2 Å². The number of ether oxygens (including phenoxy) is 3. The Bertz CT molecular complexity index is 663. The second-order valence-electron chi connectivity index (χ2n) is 7.11. The molecule has 2 fully saturated rings. The predicted molar refractivity (Wildman–Crippen MR) is 103 cm³/mol. The van der Waals surface area contributed by atoms with Gasteiger partial charge >= 0.3 is 0 Å². The third-order valence-corrected chi connectivity index (χ3v) is 5.00. The predicted octanol–water partition coefficient (Wildman–Crippen LogP) is 0.483. The molecule has 2 heterocycles. The molecule has 154 valence electrons. The van der Waals surface area contributed by atoms with Crippen molar-refractivity contribution in [2.75, 3.05) is 26.3 Å². The number of nitrogens with two attached hydrogens (primary N) is 1. The topological polar surface area (TPSA) is 112 Å². The zero-order chi connectivity index (χ0) is 19.8. The Balaban J connectivity index is 1.43. The number of hydrogen-bond acceptors (Lipinski definition) is 6. The van der Waals surface area contributed by atoms with Crippen LogP contribution >= 0.6 is 0 Å². The smallest absolute Gasteiger partial charge is 0.258 e. The van der Waals surface area contributed by atoms with Crippen molar-refractivity contribution in [2.45, 2.75) is 50.5 Å². The largest absolute Gasteiger partial charge is 0.483 e. The van der Waals surface area contributed by atoms with Gasteiger partial charge in [-0.25, -0.2) is 0 Å². The molecule has 0 aliphatic carbocycles. The molecule has 3 rings (SSSR count). The molecule has 0 spiro atoms. The molecule has 1 aromatic rings. The van der Waals surface area contributed by atoms with Crippen LogP contribution in [0.3, 0.4) is 0 Å². The minimum Gasteiger partial charge on any atom is -0.483 e. The normalized spacial score (nSPS) is 24.1. The van der Waals surface area contributed by atoms with Gasteiger partial charge < -0.3 is 30.6 Å². The highest BCUT2D eigenvalue weighted by Crippen LogP contribution is 2.20. The van der Waals surface area contributed by atoms with Crippen molar-refractivity contribution in [3.63, 3.8) is 0 Å². The highest BCUT2D eigenvalue weighted by molar-refractivity contribution is 5.81. The molecule has 1 aromatic carbocycles. The fourth-order valence-electron chi connectivity index (χ4n) is 3.39. The summed E-state index contributed by atoms with van der Waals surface area (Å²) in [6.07, 6.45) is 3.09. The summed E-state index contributed by atoms with van der Waals surface area (Å²) in [6, 6.07) is 7.34. The average molecular weight is 391 g/mol. The second-order valence-corrected chi connectivity index (χ2v) is 7.11. The Morgan fingerprint density at radius 1 is 1.14 bits per heavy atom. The molecule has 0 radical (unpaired) electrons. The Kier molecular flexibility index (Phi) is 7.64. The lowest BCUT2D eigenvalue weighted by molar-refractivity contribution is -0.132. The number of benzene rings is 1. The lowest BCUT2D eigenvalue weighted by Gasteiger charge is -2.15. The molecule has 3 atom stereocenters. The van der Waals surface area contributed by atoms with E-state index in [-0.39, 0.29) is 30.6 Å². The Labute approximate surface area is 165 Å². The van der Waals surface area contributed by atoms with Gasteiger partial charge in [-0.15, -0.1) is 0 Å². The molecule has 1 unspecified atom stereocenters. The van der Waals surface area contributed by atoms with Crippen LogP contribution < -0.4 is 21.1 Å². The van der Waals surface area contributed by atoms with Crippen LogP contribution in [0.5, 0.6) is 5.75 Å². The van der Waals surface area contributed by atoms with Crippen LogP contribution in [-0.4, -0.2) is 56.4 Å². The van der Waals surface area contributed by atoms with Gasteiger partial charge in [-0.2, -0.15) is 0 Å². The van der Waals surface area contributed by atoms with Gasteiger partial charge in [0, 0.05) is 31.8 Å². The van der Waals surface area contributed by atoms with Crippen molar-refractivity contribution >= 4 is 11.8 Å². The molecule has 8 heteroatoms. The zero-order valence-electron chi connectivity index (χ0n) is 16.0. The van der Waals surface area contributed by atoms with Crippen molar-refractivity contribution in [1.29, 1.82) is 0 Å². The lowest BCUT2D eigenvalue weighted by Crippen LogP contribution is -2.36. The summed E-state index contributed by atoms with van der Waals surface area (Å²) in [6.45, 7) is 1.91. The van der Waals surface area contributed by atoms with E-state index in [2.05, 4.69) is 10.6 Å². The van der Waals surface area contributed by atoms with E-state index < -0.39 is 6.10 Å². The first kappa shape index (κ1) is 20.6. The lowest BCUT2D eigenvalue weighted by atomic mass is 10.1. The number of nitrogens with one attached hydrogen (secondary N) is 2. The molecule has 0 bridgehead atoms. The van der Waals surface area contributed by atoms with Crippen molar-refractivity contribution in [3.8, 4) is 5.75 Å². The fourth-order valence-corrected chi connectivity index (χ4v) is 3.39. The maximum atomic E-state index is 12.3. The number of para-hydroxylation sites is 1. The monoisotopic (exact) mass is 391 g/mol. The van der Waals surface area contributed by atoms with Gasteiger partial charge in [0.05, 0.1) is 12.2 Å². The van der Waals surface area contributed by atoms with E-state index in [0.29, 0.717) is 31.8 Å². The number of carbonyl (C=O) groups is 2. The van der Waals surface area contributed by atoms with Crippen LogP contribution in [0, 0.1) is 0 Å². The average Bonchev–Trinajstić information content (AvgIpc) is 3.41. The molecular formula is C20H29N3O5. The van der Waals surface area contributed by atoms with E-state index in [1.54, 1.807) is 6.07 Å². The van der Waals surface area contributed by atoms with E-state index in [4.69, 9.17) is 19.9 Å². The van der Waals surface area contributed by atoms with Gasteiger partial charge in [0.15, 0.2) is 6.61 Å². The summed E-state index contributed by atoms with van der Waals surface area (Å²) in [5.41, 5.74) is 6.38. The Morgan fingerprint density at radius 2 is 2.00 bits per heavy atom. The molecule has 2 aliphatic rings. The van der Waals surface area contributed by atoms with Crippen molar-refractivity contribution in [3.05, 3.63) is 29.8 Å². The first-order valence-corrected chi connectivity index (χ1v) is 9.88. The van der Waals surface area contributed by atoms with Crippen molar-refractivity contribution < 1.29 is 23.8 Å². The van der Waals surface area contributed by atoms with E-state index >= 15 is 0 Å². The zero-order valence-corrected chi connectivity index (χ0v) is 16.0. The van der Waals surface area contributed by atoms with Gasteiger partial charge in [-0.3, -0.25) is 9.59 Å². The first-order chi connectivity index (χ1) is 13.7. The van der Waals surface area contributed by atoms with Crippen LogP contribution in [0.1, 0.15) is 31.2 Å². The summed E-state index contributed by atoms with van der Waals surface area (Å²) in [7, 11) is 0. The number of amides is 2.